The van der Waals surface area contributed by atoms with E-state index in [0.29, 0.717) is 53.3 Å². The normalized spacial score (nSPS) is 13.7. The molecule has 0 aromatic heterocycles. The summed E-state index contributed by atoms with van der Waals surface area (Å²) in [5, 5.41) is 3.54. The number of carbonyl (C=O) groups excluding carboxylic acids is 2. The third-order valence-electron chi connectivity index (χ3n) is 5.95. The van der Waals surface area contributed by atoms with Gasteiger partial charge in [0.15, 0.2) is 11.5 Å². The van der Waals surface area contributed by atoms with E-state index in [4.69, 9.17) is 32.7 Å². The fraction of sp³-hybridized carbons (Fsp3) is 0.462. The molecule has 2 amide bonds. The number of anilines is 1. The number of benzene rings is 2. The van der Waals surface area contributed by atoms with Gasteiger partial charge in [0.25, 0.3) is 0 Å². The molecular formula is C26H33Cl2N3O6S. The van der Waals surface area contributed by atoms with Crippen molar-refractivity contribution in [3.05, 3.63) is 52.0 Å². The molecule has 1 heterocycles. The zero-order valence-corrected chi connectivity index (χ0v) is 24.2. The molecule has 208 valence electrons. The number of rotatable bonds is 11. The fourth-order valence-electron chi connectivity index (χ4n) is 4.00. The van der Waals surface area contributed by atoms with Crippen molar-refractivity contribution in [2.75, 3.05) is 36.9 Å². The number of hydrogen-bond donors (Lipinski definition) is 1. The Hall–Kier alpha value is -2.69. The summed E-state index contributed by atoms with van der Waals surface area (Å²) in [5.74, 6) is 0.141. The zero-order valence-electron chi connectivity index (χ0n) is 21.9. The summed E-state index contributed by atoms with van der Waals surface area (Å²) in [6, 6.07) is 8.75. The second-order valence-electron chi connectivity index (χ2n) is 9.38. The first-order valence-electron chi connectivity index (χ1n) is 12.3. The number of amides is 2. The Morgan fingerprint density at radius 2 is 1.68 bits per heavy atom. The van der Waals surface area contributed by atoms with E-state index >= 15 is 0 Å². The minimum Gasteiger partial charge on any atom is -0.486 e. The Bertz CT molecular complexity index is 1250. The maximum Gasteiger partial charge on any atom is 0.244 e. The van der Waals surface area contributed by atoms with Crippen LogP contribution in [0.4, 0.5) is 5.69 Å². The van der Waals surface area contributed by atoms with Crippen molar-refractivity contribution >= 4 is 50.7 Å². The number of halogens is 2. The van der Waals surface area contributed by atoms with Gasteiger partial charge in [0.05, 0.1) is 11.9 Å². The molecule has 0 saturated heterocycles. The van der Waals surface area contributed by atoms with Crippen LogP contribution in [0.15, 0.2) is 36.4 Å². The highest BCUT2D eigenvalue weighted by atomic mass is 35.5. The Balaban J connectivity index is 1.98. The summed E-state index contributed by atoms with van der Waals surface area (Å²) in [7, 11) is -3.90. The van der Waals surface area contributed by atoms with E-state index in [1.807, 2.05) is 13.8 Å². The fourth-order valence-corrected chi connectivity index (χ4v) is 5.36. The molecule has 0 fully saturated rings. The Labute approximate surface area is 234 Å². The van der Waals surface area contributed by atoms with E-state index < -0.39 is 28.5 Å². The number of ether oxygens (including phenoxy) is 2. The van der Waals surface area contributed by atoms with Crippen molar-refractivity contribution in [2.24, 2.45) is 5.92 Å². The van der Waals surface area contributed by atoms with Crippen molar-refractivity contribution in [3.8, 4) is 11.5 Å². The third kappa shape index (κ3) is 7.45. The number of nitrogens with zero attached hydrogens (tertiary/aromatic N) is 2. The first kappa shape index (κ1) is 29.9. The largest absolute Gasteiger partial charge is 0.486 e. The quantitative estimate of drug-likeness (QED) is 0.425. The number of nitrogens with one attached hydrogen (secondary N) is 1. The molecule has 0 radical (unpaired) electrons. The molecule has 12 heteroatoms. The van der Waals surface area contributed by atoms with Crippen LogP contribution in [0.2, 0.25) is 10.0 Å². The van der Waals surface area contributed by atoms with Crippen molar-refractivity contribution in [2.45, 2.75) is 39.8 Å². The molecule has 1 N–H and O–H groups in total. The van der Waals surface area contributed by atoms with Gasteiger partial charge in [-0.1, -0.05) is 50.0 Å². The van der Waals surface area contributed by atoms with Gasteiger partial charge in [-0.25, -0.2) is 8.42 Å². The first-order valence-corrected chi connectivity index (χ1v) is 14.9. The summed E-state index contributed by atoms with van der Waals surface area (Å²) >= 11 is 12.8. The SMILES string of the molecule is CC[C@H](C(=O)NCC(C)C)N(Cc1c(Cl)cccc1Cl)C(=O)CN(c1ccc2c(c1)OCCO2)S(C)(=O)=O. The Morgan fingerprint density at radius 1 is 1.05 bits per heavy atom. The van der Waals surface area contributed by atoms with Gasteiger partial charge in [-0.3, -0.25) is 13.9 Å². The lowest BCUT2D eigenvalue weighted by molar-refractivity contribution is -0.140. The highest BCUT2D eigenvalue weighted by molar-refractivity contribution is 7.92. The lowest BCUT2D eigenvalue weighted by atomic mass is 10.1. The number of fused-ring (bicyclic) bond motifs is 1. The average molecular weight is 587 g/mol. The van der Waals surface area contributed by atoms with Crippen LogP contribution in [0.25, 0.3) is 0 Å². The summed E-state index contributed by atoms with van der Waals surface area (Å²) in [6.45, 7) is 6.22. The molecule has 1 aliphatic rings. The highest BCUT2D eigenvalue weighted by Crippen LogP contribution is 2.35. The monoisotopic (exact) mass is 585 g/mol. The lowest BCUT2D eigenvalue weighted by Gasteiger charge is -2.33. The molecule has 2 aromatic rings. The molecule has 3 rings (SSSR count). The van der Waals surface area contributed by atoms with Crippen LogP contribution in [0, 0.1) is 5.92 Å². The molecule has 0 bridgehead atoms. The number of hydrogen-bond acceptors (Lipinski definition) is 6. The predicted molar refractivity (Wildman–Crippen MR) is 149 cm³/mol. The van der Waals surface area contributed by atoms with Crippen LogP contribution in [0.5, 0.6) is 11.5 Å². The standard InChI is InChI=1S/C26H33Cl2N3O6S/c1-5-22(26(33)29-14-17(2)3)30(15-19-20(27)7-6-8-21(19)28)25(32)16-31(38(4,34)35)18-9-10-23-24(13-18)37-12-11-36-23/h6-10,13,17,22H,5,11-12,14-16H2,1-4H3,(H,29,33)/t22-/m1/s1. The number of sulfonamides is 1. The Kier molecular flexibility index (Phi) is 10.1. The van der Waals surface area contributed by atoms with Crippen molar-refractivity contribution in [1.82, 2.24) is 10.2 Å². The van der Waals surface area contributed by atoms with E-state index in [1.54, 1.807) is 37.3 Å². The second-order valence-corrected chi connectivity index (χ2v) is 12.1. The summed E-state index contributed by atoms with van der Waals surface area (Å²) in [6.07, 6.45) is 1.31. The van der Waals surface area contributed by atoms with Crippen molar-refractivity contribution in [1.29, 1.82) is 0 Å². The summed E-state index contributed by atoms with van der Waals surface area (Å²) < 4.78 is 37.8. The first-order chi connectivity index (χ1) is 17.9. The molecule has 9 nitrogen and oxygen atoms in total. The molecular weight excluding hydrogens is 553 g/mol. The van der Waals surface area contributed by atoms with Gasteiger partial charge in [-0.05, 0) is 36.6 Å². The molecule has 38 heavy (non-hydrogen) atoms. The topological polar surface area (TPSA) is 105 Å². The van der Waals surface area contributed by atoms with Crippen LogP contribution < -0.4 is 19.1 Å². The summed E-state index contributed by atoms with van der Waals surface area (Å²) in [4.78, 5) is 28.3. The molecule has 0 aliphatic carbocycles. The third-order valence-corrected chi connectivity index (χ3v) is 7.80. The van der Waals surface area contributed by atoms with Crippen molar-refractivity contribution in [3.63, 3.8) is 0 Å². The molecule has 0 saturated carbocycles. The maximum atomic E-state index is 13.8. The molecule has 1 atom stereocenters. The van der Waals surface area contributed by atoms with Crippen molar-refractivity contribution < 1.29 is 27.5 Å². The van der Waals surface area contributed by atoms with E-state index in [2.05, 4.69) is 5.32 Å². The minimum atomic E-state index is -3.90. The molecule has 0 unspecified atom stereocenters. The van der Waals surface area contributed by atoms with Crippen LogP contribution in [-0.2, 0) is 26.2 Å². The lowest BCUT2D eigenvalue weighted by Crippen LogP contribution is -2.52. The second kappa shape index (κ2) is 12.9. The van der Waals surface area contributed by atoms with Gasteiger partial charge in [0.2, 0.25) is 21.8 Å². The minimum absolute atomic E-state index is 0.0797. The number of carbonyl (C=O) groups is 2. The Morgan fingerprint density at radius 3 is 2.26 bits per heavy atom. The molecule has 0 spiro atoms. The molecule has 2 aromatic carbocycles. The predicted octanol–water partition coefficient (Wildman–Crippen LogP) is 4.11. The van der Waals surface area contributed by atoms with E-state index in [9.17, 15) is 18.0 Å². The van der Waals surface area contributed by atoms with Gasteiger partial charge >= 0.3 is 0 Å². The average Bonchev–Trinajstić information content (AvgIpc) is 2.86. The van der Waals surface area contributed by atoms with Gasteiger partial charge in [-0.2, -0.15) is 0 Å². The van der Waals surface area contributed by atoms with E-state index in [-0.39, 0.29) is 24.1 Å². The van der Waals surface area contributed by atoms with Gasteiger partial charge in [-0.15, -0.1) is 0 Å². The van der Waals surface area contributed by atoms with Gasteiger partial charge in [0.1, 0.15) is 25.8 Å². The van der Waals surface area contributed by atoms with Crippen LogP contribution >= 0.6 is 23.2 Å². The summed E-state index contributed by atoms with van der Waals surface area (Å²) in [5.41, 5.74) is 0.697. The zero-order chi connectivity index (χ0) is 28.0. The van der Waals surface area contributed by atoms with Crippen LogP contribution in [0.1, 0.15) is 32.8 Å². The smallest absolute Gasteiger partial charge is 0.244 e. The molecule has 1 aliphatic heterocycles. The van der Waals surface area contributed by atoms with Gasteiger partial charge in [0, 0.05) is 34.8 Å². The van der Waals surface area contributed by atoms with Gasteiger partial charge < -0.3 is 19.7 Å². The van der Waals surface area contributed by atoms with Crippen LogP contribution in [0.3, 0.4) is 0 Å². The van der Waals surface area contributed by atoms with E-state index in [1.165, 1.54) is 11.0 Å². The van der Waals surface area contributed by atoms with Crippen LogP contribution in [-0.4, -0.2) is 63.7 Å². The maximum absolute atomic E-state index is 13.8. The highest BCUT2D eigenvalue weighted by Gasteiger charge is 2.33. The van der Waals surface area contributed by atoms with E-state index in [0.717, 1.165) is 10.6 Å².